The predicted molar refractivity (Wildman–Crippen MR) is 124 cm³/mol. The van der Waals surface area contributed by atoms with Gasteiger partial charge in [-0.1, -0.05) is 36.4 Å². The summed E-state index contributed by atoms with van der Waals surface area (Å²) in [7, 11) is 0. The van der Waals surface area contributed by atoms with E-state index >= 15 is 0 Å². The van der Waals surface area contributed by atoms with Gasteiger partial charge in [0.2, 0.25) is 0 Å². The van der Waals surface area contributed by atoms with E-state index in [-0.39, 0.29) is 11.4 Å². The Hall–Kier alpha value is -2.92. The third-order valence-electron chi connectivity index (χ3n) is 7.17. The number of esters is 1. The Morgan fingerprint density at radius 2 is 1.97 bits per heavy atom. The summed E-state index contributed by atoms with van der Waals surface area (Å²) >= 11 is 0. The molecule has 0 radical (unpaired) electrons. The molecule has 1 aliphatic heterocycles. The number of likely N-dealkylation sites (tertiary alicyclic amines) is 1. The predicted octanol–water partition coefficient (Wildman–Crippen LogP) is 4.33. The molecule has 0 amide bonds. The first-order valence-corrected chi connectivity index (χ1v) is 11.2. The van der Waals surface area contributed by atoms with Crippen molar-refractivity contribution in [3.63, 3.8) is 0 Å². The maximum atomic E-state index is 11.8. The first-order chi connectivity index (χ1) is 15.1. The molecule has 0 atom stereocenters. The Bertz CT molecular complexity index is 1130. The Kier molecular flexibility index (Phi) is 5.14. The van der Waals surface area contributed by atoms with E-state index in [0.717, 1.165) is 43.1 Å². The van der Waals surface area contributed by atoms with E-state index in [2.05, 4.69) is 46.3 Å². The van der Waals surface area contributed by atoms with Crippen molar-refractivity contribution in [2.75, 3.05) is 32.0 Å². The number of carbonyl (C=O) groups excluding carboxylic acids is 1. The molecule has 160 valence electrons. The molecular formula is C26H29N3O2. The molecule has 1 aromatic heterocycles. The van der Waals surface area contributed by atoms with E-state index in [1.807, 2.05) is 13.0 Å². The molecule has 1 saturated heterocycles. The fourth-order valence-electron chi connectivity index (χ4n) is 5.52. The third-order valence-corrected chi connectivity index (χ3v) is 7.17. The third kappa shape index (κ3) is 3.57. The zero-order valence-electron chi connectivity index (χ0n) is 18.1. The SMILES string of the molecule is CCOC(=O)CN1CCC2(CCc3cc(-c4cccc5c(N)nccc45)ccc32)CC1. The van der Waals surface area contributed by atoms with Crippen molar-refractivity contribution in [1.82, 2.24) is 9.88 Å². The minimum atomic E-state index is -0.110. The zero-order valence-corrected chi connectivity index (χ0v) is 18.1. The molecule has 2 aliphatic rings. The largest absolute Gasteiger partial charge is 0.465 e. The minimum absolute atomic E-state index is 0.110. The number of aryl methyl sites for hydroxylation is 1. The van der Waals surface area contributed by atoms with Gasteiger partial charge in [-0.2, -0.15) is 0 Å². The van der Waals surface area contributed by atoms with Crippen LogP contribution in [0.3, 0.4) is 0 Å². The summed E-state index contributed by atoms with van der Waals surface area (Å²) in [5.74, 6) is 0.467. The number of aromatic nitrogens is 1. The molecule has 5 nitrogen and oxygen atoms in total. The number of pyridine rings is 1. The van der Waals surface area contributed by atoms with Crippen LogP contribution < -0.4 is 5.73 Å². The number of nitrogens with zero attached hydrogens (tertiary/aromatic N) is 2. The monoisotopic (exact) mass is 415 g/mol. The van der Waals surface area contributed by atoms with Crippen LogP contribution in [0.5, 0.6) is 0 Å². The van der Waals surface area contributed by atoms with Gasteiger partial charge in [-0.3, -0.25) is 9.69 Å². The summed E-state index contributed by atoms with van der Waals surface area (Å²) < 4.78 is 5.12. The van der Waals surface area contributed by atoms with Crippen molar-refractivity contribution in [3.05, 3.63) is 59.8 Å². The average Bonchev–Trinajstić information content (AvgIpc) is 3.13. The highest BCUT2D eigenvalue weighted by Crippen LogP contribution is 2.47. The van der Waals surface area contributed by atoms with Gasteiger partial charge in [-0.15, -0.1) is 0 Å². The fourth-order valence-corrected chi connectivity index (χ4v) is 5.52. The van der Waals surface area contributed by atoms with E-state index in [1.165, 1.54) is 28.7 Å². The van der Waals surface area contributed by atoms with Crippen molar-refractivity contribution in [3.8, 4) is 11.1 Å². The van der Waals surface area contributed by atoms with Gasteiger partial charge in [0.25, 0.3) is 0 Å². The Balaban J connectivity index is 1.39. The van der Waals surface area contributed by atoms with Gasteiger partial charge in [0, 0.05) is 11.6 Å². The quantitative estimate of drug-likeness (QED) is 0.643. The highest BCUT2D eigenvalue weighted by Gasteiger charge is 2.41. The first kappa shape index (κ1) is 20.0. The van der Waals surface area contributed by atoms with E-state index in [4.69, 9.17) is 10.5 Å². The number of hydrogen-bond donors (Lipinski definition) is 1. The van der Waals surface area contributed by atoms with E-state index in [1.54, 1.807) is 6.20 Å². The number of piperidine rings is 1. The summed E-state index contributed by atoms with van der Waals surface area (Å²) in [5.41, 5.74) is 11.8. The molecule has 1 aliphatic carbocycles. The number of hydrogen-bond acceptors (Lipinski definition) is 5. The molecule has 2 N–H and O–H groups in total. The van der Waals surface area contributed by atoms with Gasteiger partial charge in [-0.25, -0.2) is 4.98 Å². The highest BCUT2D eigenvalue weighted by atomic mass is 16.5. The van der Waals surface area contributed by atoms with Gasteiger partial charge in [0.15, 0.2) is 0 Å². The lowest BCUT2D eigenvalue weighted by molar-refractivity contribution is -0.144. The number of ether oxygens (including phenoxy) is 1. The van der Waals surface area contributed by atoms with Crippen LogP contribution in [0.15, 0.2) is 48.7 Å². The van der Waals surface area contributed by atoms with Crippen LogP contribution in [0.2, 0.25) is 0 Å². The molecule has 2 aromatic carbocycles. The number of rotatable bonds is 4. The number of nitrogens with two attached hydrogens (primary N) is 1. The second-order valence-electron chi connectivity index (χ2n) is 8.83. The molecule has 3 aromatic rings. The van der Waals surface area contributed by atoms with Crippen LogP contribution >= 0.6 is 0 Å². The molecule has 2 heterocycles. The number of benzene rings is 2. The van der Waals surface area contributed by atoms with Gasteiger partial charge in [0.1, 0.15) is 5.82 Å². The summed E-state index contributed by atoms with van der Waals surface area (Å²) in [6, 6.07) is 15.3. The van der Waals surface area contributed by atoms with E-state index in [0.29, 0.717) is 19.0 Å². The van der Waals surface area contributed by atoms with Gasteiger partial charge < -0.3 is 10.5 Å². The number of anilines is 1. The maximum absolute atomic E-state index is 11.8. The lowest BCUT2D eigenvalue weighted by Crippen LogP contribution is -2.43. The van der Waals surface area contributed by atoms with Crippen LogP contribution in [0, 0.1) is 0 Å². The average molecular weight is 416 g/mol. The molecule has 0 saturated carbocycles. The minimum Gasteiger partial charge on any atom is -0.465 e. The zero-order chi connectivity index (χ0) is 21.4. The topological polar surface area (TPSA) is 68.5 Å². The molecule has 1 spiro atoms. The Morgan fingerprint density at radius 1 is 1.13 bits per heavy atom. The summed E-state index contributed by atoms with van der Waals surface area (Å²) in [6.45, 7) is 4.63. The van der Waals surface area contributed by atoms with Crippen LogP contribution in [-0.2, 0) is 21.4 Å². The van der Waals surface area contributed by atoms with E-state index in [9.17, 15) is 4.79 Å². The highest BCUT2D eigenvalue weighted by molar-refractivity contribution is 6.01. The summed E-state index contributed by atoms with van der Waals surface area (Å²) in [4.78, 5) is 18.3. The molecular weight excluding hydrogens is 386 g/mol. The summed E-state index contributed by atoms with van der Waals surface area (Å²) in [6.07, 6.45) is 6.32. The second kappa shape index (κ2) is 7.97. The fraction of sp³-hybridized carbons (Fsp3) is 0.385. The van der Waals surface area contributed by atoms with Crippen LogP contribution in [0.4, 0.5) is 5.82 Å². The first-order valence-electron chi connectivity index (χ1n) is 11.2. The molecule has 5 heteroatoms. The second-order valence-corrected chi connectivity index (χ2v) is 8.83. The lowest BCUT2D eigenvalue weighted by Gasteiger charge is -2.39. The molecule has 1 fully saturated rings. The van der Waals surface area contributed by atoms with Crippen molar-refractivity contribution in [1.29, 1.82) is 0 Å². The number of nitrogen functional groups attached to an aromatic ring is 1. The smallest absolute Gasteiger partial charge is 0.320 e. The van der Waals surface area contributed by atoms with Gasteiger partial charge in [-0.05, 0) is 84.8 Å². The molecule has 0 bridgehead atoms. The van der Waals surface area contributed by atoms with Crippen molar-refractivity contribution in [2.45, 2.75) is 38.0 Å². The van der Waals surface area contributed by atoms with E-state index < -0.39 is 0 Å². The van der Waals surface area contributed by atoms with Crippen LogP contribution in [-0.4, -0.2) is 42.1 Å². The molecule has 0 unspecified atom stereocenters. The van der Waals surface area contributed by atoms with Crippen LogP contribution in [0.1, 0.15) is 37.3 Å². The van der Waals surface area contributed by atoms with Crippen molar-refractivity contribution in [2.24, 2.45) is 0 Å². The van der Waals surface area contributed by atoms with Crippen molar-refractivity contribution < 1.29 is 9.53 Å². The van der Waals surface area contributed by atoms with Crippen molar-refractivity contribution >= 4 is 22.6 Å². The number of carbonyl (C=O) groups is 1. The normalized spacial score (nSPS) is 17.7. The Labute approximate surface area is 183 Å². The van der Waals surface area contributed by atoms with Gasteiger partial charge >= 0.3 is 5.97 Å². The maximum Gasteiger partial charge on any atom is 0.320 e. The lowest BCUT2D eigenvalue weighted by atomic mass is 9.73. The molecule has 5 rings (SSSR count). The van der Waals surface area contributed by atoms with Gasteiger partial charge in [0.05, 0.1) is 13.2 Å². The molecule has 31 heavy (non-hydrogen) atoms. The Morgan fingerprint density at radius 3 is 2.77 bits per heavy atom. The summed E-state index contributed by atoms with van der Waals surface area (Å²) in [5, 5.41) is 2.15. The van der Waals surface area contributed by atoms with Crippen LogP contribution in [0.25, 0.3) is 21.9 Å². The number of fused-ring (bicyclic) bond motifs is 3. The standard InChI is InChI=1S/C26H29N3O2/c1-2-31-24(30)17-29-14-11-26(12-15-29)10-8-19-16-18(6-7-23(19)26)20-4-3-5-22-21(20)9-13-28-25(22)27/h3-7,9,13,16H,2,8,10-12,14-15,17H2,1H3,(H2,27,28).